The smallest absolute Gasteiger partial charge is 0.133 e. The van der Waals surface area contributed by atoms with E-state index < -0.39 is 0 Å². The SMILES string of the molecule is C=C(C)CCOCc1occc1CNC(C)C. The number of hydrogen-bond donors (Lipinski definition) is 1. The van der Waals surface area contributed by atoms with Crippen LogP contribution in [0.15, 0.2) is 28.9 Å². The van der Waals surface area contributed by atoms with Crippen molar-refractivity contribution < 1.29 is 9.15 Å². The second-order valence-corrected chi connectivity index (χ2v) is 4.66. The zero-order valence-electron chi connectivity index (χ0n) is 11.1. The van der Waals surface area contributed by atoms with Gasteiger partial charge in [0.05, 0.1) is 12.9 Å². The average Bonchev–Trinajstić information content (AvgIpc) is 2.68. The minimum Gasteiger partial charge on any atom is -0.467 e. The van der Waals surface area contributed by atoms with Crippen LogP contribution in [-0.2, 0) is 17.9 Å². The molecule has 0 aliphatic heterocycles. The molecule has 0 saturated heterocycles. The predicted octanol–water partition coefficient (Wildman–Crippen LogP) is 3.26. The van der Waals surface area contributed by atoms with Crippen molar-refractivity contribution in [1.82, 2.24) is 5.32 Å². The quantitative estimate of drug-likeness (QED) is 0.556. The summed E-state index contributed by atoms with van der Waals surface area (Å²) in [6.07, 6.45) is 2.62. The van der Waals surface area contributed by atoms with Gasteiger partial charge in [0.25, 0.3) is 0 Å². The summed E-state index contributed by atoms with van der Waals surface area (Å²) < 4.78 is 11.0. The maximum Gasteiger partial charge on any atom is 0.133 e. The maximum absolute atomic E-state index is 5.55. The van der Waals surface area contributed by atoms with Crippen LogP contribution >= 0.6 is 0 Å². The van der Waals surface area contributed by atoms with Gasteiger partial charge in [-0.25, -0.2) is 0 Å². The first kappa shape index (κ1) is 14.0. The minimum absolute atomic E-state index is 0.474. The summed E-state index contributed by atoms with van der Waals surface area (Å²) in [7, 11) is 0. The molecule has 1 aromatic heterocycles. The number of nitrogens with one attached hydrogen (secondary N) is 1. The molecule has 3 heteroatoms. The first-order chi connectivity index (χ1) is 8.09. The number of hydrogen-bond acceptors (Lipinski definition) is 3. The summed E-state index contributed by atoms with van der Waals surface area (Å²) in [5.74, 6) is 0.917. The van der Waals surface area contributed by atoms with E-state index in [1.54, 1.807) is 6.26 Å². The third-order valence-corrected chi connectivity index (χ3v) is 2.44. The molecule has 0 bridgehead atoms. The minimum atomic E-state index is 0.474. The highest BCUT2D eigenvalue weighted by atomic mass is 16.5. The van der Waals surface area contributed by atoms with E-state index in [-0.39, 0.29) is 0 Å². The normalized spacial score (nSPS) is 11.1. The Hall–Kier alpha value is -1.06. The van der Waals surface area contributed by atoms with E-state index >= 15 is 0 Å². The Morgan fingerprint density at radius 2 is 2.29 bits per heavy atom. The average molecular weight is 237 g/mol. The van der Waals surface area contributed by atoms with Crippen molar-refractivity contribution in [1.29, 1.82) is 0 Å². The summed E-state index contributed by atoms with van der Waals surface area (Å²) in [5.41, 5.74) is 2.32. The van der Waals surface area contributed by atoms with Gasteiger partial charge in [-0.05, 0) is 19.4 Å². The molecule has 3 nitrogen and oxygen atoms in total. The van der Waals surface area contributed by atoms with Crippen LogP contribution in [0.1, 0.15) is 38.5 Å². The van der Waals surface area contributed by atoms with E-state index in [1.807, 2.05) is 13.0 Å². The van der Waals surface area contributed by atoms with Crippen LogP contribution < -0.4 is 5.32 Å². The highest BCUT2D eigenvalue weighted by molar-refractivity contribution is 5.16. The Kier molecular flexibility index (Phi) is 6.01. The van der Waals surface area contributed by atoms with Crippen LogP contribution in [-0.4, -0.2) is 12.6 Å². The molecule has 0 saturated carbocycles. The topological polar surface area (TPSA) is 34.4 Å². The molecule has 0 amide bonds. The second-order valence-electron chi connectivity index (χ2n) is 4.66. The molecule has 0 radical (unpaired) electrons. The van der Waals surface area contributed by atoms with Gasteiger partial charge < -0.3 is 14.5 Å². The summed E-state index contributed by atoms with van der Waals surface area (Å²) in [5, 5.41) is 3.37. The molecule has 0 aromatic carbocycles. The molecule has 96 valence electrons. The molecule has 0 unspecified atom stereocenters. The van der Waals surface area contributed by atoms with Gasteiger partial charge in [-0.3, -0.25) is 0 Å². The monoisotopic (exact) mass is 237 g/mol. The van der Waals surface area contributed by atoms with E-state index in [1.165, 1.54) is 5.56 Å². The maximum atomic E-state index is 5.55. The first-order valence-electron chi connectivity index (χ1n) is 6.10. The van der Waals surface area contributed by atoms with E-state index in [0.717, 1.165) is 24.3 Å². The lowest BCUT2D eigenvalue weighted by Crippen LogP contribution is -2.22. The lowest BCUT2D eigenvalue weighted by molar-refractivity contribution is 0.108. The molecule has 1 rings (SSSR count). The van der Waals surface area contributed by atoms with Gasteiger partial charge in [0, 0.05) is 18.2 Å². The largest absolute Gasteiger partial charge is 0.467 e. The van der Waals surface area contributed by atoms with E-state index in [2.05, 4.69) is 25.7 Å². The third-order valence-electron chi connectivity index (χ3n) is 2.44. The van der Waals surface area contributed by atoms with Gasteiger partial charge in [0.2, 0.25) is 0 Å². The molecule has 0 aliphatic carbocycles. The zero-order valence-corrected chi connectivity index (χ0v) is 11.1. The Morgan fingerprint density at radius 3 is 2.94 bits per heavy atom. The lowest BCUT2D eigenvalue weighted by atomic mass is 10.2. The van der Waals surface area contributed by atoms with Crippen molar-refractivity contribution >= 4 is 0 Å². The molecule has 1 heterocycles. The molecular weight excluding hydrogens is 214 g/mol. The van der Waals surface area contributed by atoms with Crippen LogP contribution in [0.3, 0.4) is 0 Å². The van der Waals surface area contributed by atoms with Crippen molar-refractivity contribution in [2.24, 2.45) is 0 Å². The van der Waals surface area contributed by atoms with Gasteiger partial charge in [-0.15, -0.1) is 6.58 Å². The number of ether oxygens (including phenoxy) is 1. The summed E-state index contributed by atoms with van der Waals surface area (Å²) in [4.78, 5) is 0. The fraction of sp³-hybridized carbons (Fsp3) is 0.571. The fourth-order valence-corrected chi connectivity index (χ4v) is 1.38. The molecule has 0 atom stereocenters. The van der Waals surface area contributed by atoms with Crippen LogP contribution in [0.2, 0.25) is 0 Å². The van der Waals surface area contributed by atoms with Crippen LogP contribution in [0.5, 0.6) is 0 Å². The van der Waals surface area contributed by atoms with E-state index in [9.17, 15) is 0 Å². The molecule has 17 heavy (non-hydrogen) atoms. The molecule has 0 aliphatic rings. The molecule has 0 fully saturated rings. The molecule has 1 N–H and O–H groups in total. The Morgan fingerprint density at radius 1 is 1.53 bits per heavy atom. The van der Waals surface area contributed by atoms with Crippen molar-refractivity contribution in [3.63, 3.8) is 0 Å². The molecular formula is C14H23NO2. The molecule has 1 aromatic rings. The third kappa shape index (κ3) is 5.71. The second kappa shape index (κ2) is 7.30. The van der Waals surface area contributed by atoms with Gasteiger partial charge in [-0.1, -0.05) is 19.4 Å². The van der Waals surface area contributed by atoms with Crippen molar-refractivity contribution in [3.05, 3.63) is 35.8 Å². The van der Waals surface area contributed by atoms with Crippen LogP contribution in [0, 0.1) is 0 Å². The highest BCUT2D eigenvalue weighted by Gasteiger charge is 2.06. The standard InChI is InChI=1S/C14H23NO2/c1-11(2)5-7-16-10-14-13(6-8-17-14)9-15-12(3)4/h6,8,12,15H,1,5,7,9-10H2,2-4H3. The van der Waals surface area contributed by atoms with Gasteiger partial charge in [0.1, 0.15) is 12.4 Å². The first-order valence-corrected chi connectivity index (χ1v) is 6.10. The highest BCUT2D eigenvalue weighted by Crippen LogP contribution is 2.12. The zero-order chi connectivity index (χ0) is 12.7. The Balaban J connectivity index is 2.32. The fourth-order valence-electron chi connectivity index (χ4n) is 1.38. The van der Waals surface area contributed by atoms with Crippen molar-refractivity contribution in [2.45, 2.75) is 46.4 Å². The van der Waals surface area contributed by atoms with Crippen molar-refractivity contribution in [2.75, 3.05) is 6.61 Å². The van der Waals surface area contributed by atoms with Crippen LogP contribution in [0.4, 0.5) is 0 Å². The van der Waals surface area contributed by atoms with Gasteiger partial charge in [-0.2, -0.15) is 0 Å². The summed E-state index contributed by atoms with van der Waals surface area (Å²) in [6, 6.07) is 2.47. The molecule has 0 spiro atoms. The van der Waals surface area contributed by atoms with E-state index in [0.29, 0.717) is 19.3 Å². The van der Waals surface area contributed by atoms with Crippen molar-refractivity contribution in [3.8, 4) is 0 Å². The Bertz CT molecular complexity index is 342. The predicted molar refractivity (Wildman–Crippen MR) is 69.8 cm³/mol. The lowest BCUT2D eigenvalue weighted by Gasteiger charge is -2.08. The Labute approximate surface area is 104 Å². The summed E-state index contributed by atoms with van der Waals surface area (Å²) in [6.45, 7) is 12.2. The van der Waals surface area contributed by atoms with Gasteiger partial charge >= 0.3 is 0 Å². The van der Waals surface area contributed by atoms with E-state index in [4.69, 9.17) is 9.15 Å². The summed E-state index contributed by atoms with van der Waals surface area (Å²) >= 11 is 0. The number of furan rings is 1. The van der Waals surface area contributed by atoms with Gasteiger partial charge in [0.15, 0.2) is 0 Å². The number of rotatable bonds is 8. The van der Waals surface area contributed by atoms with Crippen LogP contribution in [0.25, 0.3) is 0 Å².